The summed E-state index contributed by atoms with van der Waals surface area (Å²) in [6, 6.07) is 0.837. The first-order valence-corrected chi connectivity index (χ1v) is 7.78. The highest BCUT2D eigenvalue weighted by molar-refractivity contribution is 5.84. The molecule has 1 unspecified atom stereocenters. The van der Waals surface area contributed by atoms with Gasteiger partial charge >= 0.3 is 5.97 Å². The zero-order valence-corrected chi connectivity index (χ0v) is 14.6. The summed E-state index contributed by atoms with van der Waals surface area (Å²) in [5.74, 6) is -1.21. The van der Waals surface area contributed by atoms with Crippen LogP contribution in [-0.2, 0) is 9.59 Å². The van der Waals surface area contributed by atoms with E-state index in [1.54, 1.807) is 6.92 Å². The van der Waals surface area contributed by atoms with E-state index in [0.29, 0.717) is 18.6 Å². The van der Waals surface area contributed by atoms with E-state index in [2.05, 4.69) is 37.9 Å². The number of carboxylic acid groups (broad SMARTS) is 1. The topological polar surface area (TPSA) is 69.6 Å². The molecule has 0 saturated heterocycles. The molecule has 0 aliphatic rings. The summed E-state index contributed by atoms with van der Waals surface area (Å²) < 4.78 is 0. The van der Waals surface area contributed by atoms with Crippen molar-refractivity contribution in [1.29, 1.82) is 0 Å². The van der Waals surface area contributed by atoms with E-state index < -0.39 is 11.4 Å². The standard InChI is InChI=1S/C16H32N2O3/c1-11(2)16(7,15(20)21)10-14(19)17-8-9-18(12(3)4)13(5)6/h11-13H,8-10H2,1-7H3,(H,17,19)(H,20,21). The van der Waals surface area contributed by atoms with Crippen molar-refractivity contribution in [2.45, 2.75) is 67.0 Å². The van der Waals surface area contributed by atoms with Crippen LogP contribution in [0.4, 0.5) is 0 Å². The lowest BCUT2D eigenvalue weighted by Gasteiger charge is -2.31. The highest BCUT2D eigenvalue weighted by Gasteiger charge is 2.38. The van der Waals surface area contributed by atoms with E-state index >= 15 is 0 Å². The molecule has 21 heavy (non-hydrogen) atoms. The van der Waals surface area contributed by atoms with Crippen LogP contribution in [0.3, 0.4) is 0 Å². The molecular formula is C16H32N2O3. The summed E-state index contributed by atoms with van der Waals surface area (Å²) in [5, 5.41) is 12.2. The van der Waals surface area contributed by atoms with Crippen molar-refractivity contribution in [3.05, 3.63) is 0 Å². The number of amides is 1. The minimum absolute atomic E-state index is 0.0172. The fraction of sp³-hybridized carbons (Fsp3) is 0.875. The third kappa shape index (κ3) is 6.04. The Morgan fingerprint density at radius 2 is 1.57 bits per heavy atom. The normalized spacial score (nSPS) is 14.8. The Morgan fingerprint density at radius 1 is 1.10 bits per heavy atom. The molecule has 0 spiro atoms. The second-order valence-corrected chi connectivity index (χ2v) is 6.83. The Balaban J connectivity index is 4.42. The third-order valence-corrected chi connectivity index (χ3v) is 4.31. The fourth-order valence-corrected chi connectivity index (χ4v) is 2.36. The number of rotatable bonds is 9. The van der Waals surface area contributed by atoms with E-state index in [1.807, 2.05) is 13.8 Å². The zero-order valence-electron chi connectivity index (χ0n) is 14.6. The number of nitrogens with one attached hydrogen (secondary N) is 1. The molecular weight excluding hydrogens is 268 g/mol. The second kappa shape index (κ2) is 8.37. The van der Waals surface area contributed by atoms with Crippen molar-refractivity contribution in [3.8, 4) is 0 Å². The number of hydrogen-bond acceptors (Lipinski definition) is 3. The maximum atomic E-state index is 12.0. The molecule has 5 heteroatoms. The van der Waals surface area contributed by atoms with Crippen LogP contribution in [0.25, 0.3) is 0 Å². The first-order valence-electron chi connectivity index (χ1n) is 7.78. The average molecular weight is 300 g/mol. The van der Waals surface area contributed by atoms with Gasteiger partial charge in [-0.05, 0) is 40.5 Å². The van der Waals surface area contributed by atoms with Crippen LogP contribution in [0.2, 0.25) is 0 Å². The molecule has 1 atom stereocenters. The minimum atomic E-state index is -1.01. The highest BCUT2D eigenvalue weighted by Crippen LogP contribution is 2.31. The van der Waals surface area contributed by atoms with Crippen LogP contribution in [0.1, 0.15) is 54.9 Å². The van der Waals surface area contributed by atoms with Gasteiger partial charge in [-0.25, -0.2) is 0 Å². The number of aliphatic carboxylic acids is 1. The van der Waals surface area contributed by atoms with Crippen LogP contribution < -0.4 is 5.32 Å². The van der Waals surface area contributed by atoms with E-state index in [-0.39, 0.29) is 18.2 Å². The van der Waals surface area contributed by atoms with E-state index in [4.69, 9.17) is 0 Å². The van der Waals surface area contributed by atoms with Crippen molar-refractivity contribution < 1.29 is 14.7 Å². The van der Waals surface area contributed by atoms with Gasteiger partial charge in [-0.2, -0.15) is 0 Å². The first kappa shape index (κ1) is 19.9. The molecule has 0 saturated carbocycles. The molecule has 0 aliphatic carbocycles. The predicted molar refractivity (Wildman–Crippen MR) is 85.2 cm³/mol. The monoisotopic (exact) mass is 300 g/mol. The van der Waals surface area contributed by atoms with E-state index in [0.717, 1.165) is 6.54 Å². The van der Waals surface area contributed by atoms with Gasteiger partial charge in [-0.15, -0.1) is 0 Å². The molecule has 0 aromatic heterocycles. The molecule has 5 nitrogen and oxygen atoms in total. The van der Waals surface area contributed by atoms with Crippen LogP contribution in [-0.4, -0.2) is 47.1 Å². The van der Waals surface area contributed by atoms with Gasteiger partial charge in [-0.3, -0.25) is 14.5 Å². The van der Waals surface area contributed by atoms with Gasteiger partial charge in [0.25, 0.3) is 0 Å². The summed E-state index contributed by atoms with van der Waals surface area (Å²) >= 11 is 0. The van der Waals surface area contributed by atoms with Crippen LogP contribution in [0, 0.1) is 11.3 Å². The number of carbonyl (C=O) groups excluding carboxylic acids is 1. The largest absolute Gasteiger partial charge is 0.481 e. The van der Waals surface area contributed by atoms with Gasteiger partial charge in [0, 0.05) is 31.6 Å². The van der Waals surface area contributed by atoms with Crippen molar-refractivity contribution in [3.63, 3.8) is 0 Å². The maximum absolute atomic E-state index is 12.0. The van der Waals surface area contributed by atoms with Crippen molar-refractivity contribution in [1.82, 2.24) is 10.2 Å². The fourth-order valence-electron chi connectivity index (χ4n) is 2.36. The van der Waals surface area contributed by atoms with Gasteiger partial charge in [0.1, 0.15) is 0 Å². The molecule has 0 radical (unpaired) electrons. The Labute approximate surface area is 129 Å². The third-order valence-electron chi connectivity index (χ3n) is 4.31. The van der Waals surface area contributed by atoms with Crippen molar-refractivity contribution in [2.24, 2.45) is 11.3 Å². The number of nitrogens with zero attached hydrogens (tertiary/aromatic N) is 1. The summed E-state index contributed by atoms with van der Waals surface area (Å²) in [6.45, 7) is 15.1. The van der Waals surface area contributed by atoms with Gasteiger partial charge in [-0.1, -0.05) is 13.8 Å². The molecule has 0 rings (SSSR count). The lowest BCUT2D eigenvalue weighted by atomic mass is 9.76. The van der Waals surface area contributed by atoms with Gasteiger partial charge < -0.3 is 10.4 Å². The predicted octanol–water partition coefficient (Wildman–Crippen LogP) is 2.36. The Kier molecular flexibility index (Phi) is 7.93. The molecule has 0 bridgehead atoms. The summed E-state index contributed by atoms with van der Waals surface area (Å²) in [7, 11) is 0. The van der Waals surface area contributed by atoms with Gasteiger partial charge in [0.15, 0.2) is 0 Å². The van der Waals surface area contributed by atoms with Crippen LogP contribution in [0.15, 0.2) is 0 Å². The highest BCUT2D eigenvalue weighted by atomic mass is 16.4. The van der Waals surface area contributed by atoms with E-state index in [9.17, 15) is 14.7 Å². The quantitative estimate of drug-likeness (QED) is 0.686. The van der Waals surface area contributed by atoms with Crippen LogP contribution in [0.5, 0.6) is 0 Å². The smallest absolute Gasteiger partial charge is 0.310 e. The van der Waals surface area contributed by atoms with Gasteiger partial charge in [0.05, 0.1) is 5.41 Å². The minimum Gasteiger partial charge on any atom is -0.481 e. The molecule has 124 valence electrons. The Bertz CT molecular complexity index is 345. The molecule has 0 aliphatic heterocycles. The Hall–Kier alpha value is -1.10. The zero-order chi connectivity index (χ0) is 16.8. The summed E-state index contributed by atoms with van der Waals surface area (Å²) in [4.78, 5) is 25.7. The van der Waals surface area contributed by atoms with E-state index in [1.165, 1.54) is 0 Å². The van der Waals surface area contributed by atoms with Crippen molar-refractivity contribution >= 4 is 11.9 Å². The molecule has 1 amide bonds. The lowest BCUT2D eigenvalue weighted by molar-refractivity contribution is -0.153. The number of hydrogen-bond donors (Lipinski definition) is 2. The molecule has 0 fully saturated rings. The summed E-state index contributed by atoms with van der Waals surface area (Å²) in [6.07, 6.45) is 0.0172. The molecule has 0 aromatic carbocycles. The molecule has 2 N–H and O–H groups in total. The SMILES string of the molecule is CC(C)N(CCNC(=O)CC(C)(C(=O)O)C(C)C)C(C)C. The lowest BCUT2D eigenvalue weighted by Crippen LogP contribution is -2.44. The maximum Gasteiger partial charge on any atom is 0.310 e. The molecule has 0 aromatic rings. The first-order chi connectivity index (χ1) is 9.52. The van der Waals surface area contributed by atoms with Crippen molar-refractivity contribution in [2.75, 3.05) is 13.1 Å². The number of carbonyl (C=O) groups is 2. The average Bonchev–Trinajstić information content (AvgIpc) is 2.32. The number of carboxylic acids is 1. The summed E-state index contributed by atoms with van der Waals surface area (Å²) in [5.41, 5.74) is -1.01. The Morgan fingerprint density at radius 3 is 1.90 bits per heavy atom. The van der Waals surface area contributed by atoms with Crippen LogP contribution >= 0.6 is 0 Å². The van der Waals surface area contributed by atoms with Gasteiger partial charge in [0.2, 0.25) is 5.91 Å². The molecule has 0 heterocycles. The second-order valence-electron chi connectivity index (χ2n) is 6.83.